The zero-order chi connectivity index (χ0) is 45.9. The molecule has 6 nitrogen and oxygen atoms in total. The molecule has 0 rings (SSSR count). The molecule has 0 saturated carbocycles. The molecule has 0 aliphatic carbocycles. The molecule has 0 amide bonds. The number of alkyl halides is 9. The Bertz CT molecular complexity index is 998. The van der Waals surface area contributed by atoms with Crippen molar-refractivity contribution in [3.8, 4) is 0 Å². The lowest BCUT2D eigenvalue weighted by molar-refractivity contribution is -0.311. The highest BCUT2D eigenvalue weighted by molar-refractivity contribution is 6.82. The molecule has 0 saturated heterocycles. The fourth-order valence-corrected chi connectivity index (χ4v) is 26.5. The highest BCUT2D eigenvalue weighted by Crippen LogP contribution is 2.28. The maximum Gasteiger partial charge on any atom is 0.522 e. The summed E-state index contributed by atoms with van der Waals surface area (Å²) in [7, 11) is -5.23. The van der Waals surface area contributed by atoms with Crippen molar-refractivity contribution >= 4 is 49.9 Å². The van der Waals surface area contributed by atoms with Crippen LogP contribution in [0.3, 0.4) is 0 Å². The first-order valence-electron chi connectivity index (χ1n) is 20.8. The number of hydrogen-bond acceptors (Lipinski definition) is 6. The van der Waals surface area contributed by atoms with Crippen LogP contribution in [-0.4, -0.2) is 135 Å². The van der Waals surface area contributed by atoms with Crippen molar-refractivity contribution in [3.63, 3.8) is 0 Å². The number of halogens is 9. The smallest absolute Gasteiger partial charge is 0.376 e. The van der Waals surface area contributed by atoms with Gasteiger partial charge in [0.25, 0.3) is 6.43 Å². The second-order valence-corrected chi connectivity index (χ2v) is 47.2. The first-order chi connectivity index (χ1) is 26.2. The Kier molecular flexibility index (Phi) is 33.9. The van der Waals surface area contributed by atoms with Gasteiger partial charge in [-0.2, -0.15) is 17.6 Å². The first-order valence-corrected chi connectivity index (χ1v) is 40.7. The van der Waals surface area contributed by atoms with Crippen LogP contribution in [0, 0.1) is 0 Å². The topological polar surface area (TPSA) is 55.4 Å². The van der Waals surface area contributed by atoms with Gasteiger partial charge in [0.05, 0.1) is 8.07 Å². The normalized spacial score (nSPS) is 13.6. The molecule has 0 spiro atoms. The van der Waals surface area contributed by atoms with E-state index in [1.807, 2.05) is 0 Å². The van der Waals surface area contributed by atoms with Crippen LogP contribution in [0.4, 0.5) is 39.5 Å². The average Bonchev–Trinajstić information content (AvgIpc) is 3.08. The number of ether oxygens (including phenoxy) is 6. The summed E-state index contributed by atoms with van der Waals surface area (Å²) >= 11 is 0. The van der Waals surface area contributed by atoms with E-state index in [9.17, 15) is 39.5 Å². The van der Waals surface area contributed by atoms with Crippen LogP contribution in [-0.2, 0) is 28.4 Å². The molecule has 21 heteroatoms. The molecule has 0 aromatic carbocycles. The van der Waals surface area contributed by atoms with Gasteiger partial charge in [-0.25, -0.2) is 8.78 Å². The Balaban J connectivity index is -0.00000104. The van der Waals surface area contributed by atoms with E-state index in [0.29, 0.717) is 26.9 Å². The van der Waals surface area contributed by atoms with Gasteiger partial charge >= 0.3 is 18.6 Å². The van der Waals surface area contributed by atoms with Gasteiger partial charge in [-0.15, -0.1) is 13.2 Å². The number of rotatable bonds is 31. The van der Waals surface area contributed by atoms with Gasteiger partial charge in [-0.1, -0.05) is 133 Å². The SMILES string of the molecule is COC(F)(F)COCCC[Si](C)(C)CC[SiH](C)C.COC(F)(F)F.C[SiH](C)CC[Si](C)(C)CCCOCC(F)(F)OC[Si](C)(C)CC[Si](C)(C)CCCOCC(F)F. The van der Waals surface area contributed by atoms with E-state index >= 15 is 0 Å². The minimum atomic E-state index is -4.46. The van der Waals surface area contributed by atoms with Crippen LogP contribution in [0.15, 0.2) is 0 Å². The predicted molar refractivity (Wildman–Crippen MR) is 239 cm³/mol. The van der Waals surface area contributed by atoms with Crippen LogP contribution in [0.25, 0.3) is 0 Å². The monoisotopic (exact) mass is 962 g/mol. The Hall–Kier alpha value is 0.431. The fourth-order valence-electron chi connectivity index (χ4n) is 5.40. The van der Waals surface area contributed by atoms with Crippen molar-refractivity contribution in [2.24, 2.45) is 0 Å². The number of methoxy groups -OCH3 is 2. The van der Waals surface area contributed by atoms with Crippen LogP contribution in [0.5, 0.6) is 0 Å². The predicted octanol–water partition coefficient (Wildman–Crippen LogP) is 12.8. The van der Waals surface area contributed by atoms with Gasteiger partial charge in [0, 0.05) is 82.1 Å². The molecular formula is C37H83F9O6Si6. The van der Waals surface area contributed by atoms with Crippen molar-refractivity contribution in [2.75, 3.05) is 60.1 Å². The highest BCUT2D eigenvalue weighted by atomic mass is 28.3. The lowest BCUT2D eigenvalue weighted by Crippen LogP contribution is -2.40. The van der Waals surface area contributed by atoms with Gasteiger partial charge in [-0.05, 0) is 19.3 Å². The van der Waals surface area contributed by atoms with Gasteiger partial charge < -0.3 is 23.7 Å². The molecule has 0 bridgehead atoms. The van der Waals surface area contributed by atoms with Gasteiger partial charge in [0.2, 0.25) is 0 Å². The second-order valence-electron chi connectivity index (χ2n) is 19.3. The molecule has 0 aromatic rings. The minimum absolute atomic E-state index is 0.115. The van der Waals surface area contributed by atoms with E-state index in [1.165, 1.54) is 24.2 Å². The highest BCUT2D eigenvalue weighted by Gasteiger charge is 2.35. The lowest BCUT2D eigenvalue weighted by Gasteiger charge is -2.30. The zero-order valence-electron chi connectivity index (χ0n) is 38.5. The maximum absolute atomic E-state index is 14.2. The van der Waals surface area contributed by atoms with E-state index in [-0.39, 0.29) is 6.23 Å². The van der Waals surface area contributed by atoms with Gasteiger partial charge in [-0.3, -0.25) is 4.74 Å². The lowest BCUT2D eigenvalue weighted by atomic mass is 10.5. The molecule has 0 atom stereocenters. The molecule has 0 heterocycles. The van der Waals surface area contributed by atoms with Crippen LogP contribution < -0.4 is 0 Å². The quantitative estimate of drug-likeness (QED) is 0.0392. The van der Waals surface area contributed by atoms with E-state index in [4.69, 9.17) is 18.9 Å². The molecule has 0 N–H and O–H groups in total. The molecule has 0 unspecified atom stereocenters. The van der Waals surface area contributed by atoms with Crippen molar-refractivity contribution in [2.45, 2.75) is 177 Å². The summed E-state index contributed by atoms with van der Waals surface area (Å²) in [6, 6.07) is 10.7. The van der Waals surface area contributed by atoms with Gasteiger partial charge in [0.1, 0.15) is 19.8 Å². The Morgan fingerprint density at radius 2 is 0.828 bits per heavy atom. The molecule has 0 aliphatic rings. The summed E-state index contributed by atoms with van der Waals surface area (Å²) < 4.78 is 137. The van der Waals surface area contributed by atoms with E-state index < -0.39 is 94.7 Å². The molecule has 0 radical (unpaired) electrons. The Labute approximate surface area is 354 Å². The largest absolute Gasteiger partial charge is 0.522 e. The third-order valence-electron chi connectivity index (χ3n) is 9.69. The van der Waals surface area contributed by atoms with Gasteiger partial charge in [0.15, 0.2) is 0 Å². The summed E-state index contributed by atoms with van der Waals surface area (Å²) in [5.74, 6) is 0. The summed E-state index contributed by atoms with van der Waals surface area (Å²) in [5.41, 5.74) is 0. The summed E-state index contributed by atoms with van der Waals surface area (Å²) in [5, 5.41) is 0. The van der Waals surface area contributed by atoms with Crippen molar-refractivity contribution in [3.05, 3.63) is 0 Å². The average molecular weight is 964 g/mol. The number of hydrogen-bond donors (Lipinski definition) is 0. The van der Waals surface area contributed by atoms with Crippen LogP contribution >= 0.6 is 0 Å². The summed E-state index contributed by atoms with van der Waals surface area (Å²) in [4.78, 5) is 0. The summed E-state index contributed by atoms with van der Waals surface area (Å²) in [6.07, 6.45) is -10.6. The van der Waals surface area contributed by atoms with E-state index in [1.54, 1.807) is 0 Å². The van der Waals surface area contributed by atoms with E-state index in [0.717, 1.165) is 56.6 Å². The Morgan fingerprint density at radius 1 is 0.483 bits per heavy atom. The molecule has 354 valence electrons. The maximum atomic E-state index is 14.2. The molecule has 0 aliphatic heterocycles. The molecular weight excluding hydrogens is 880 g/mol. The van der Waals surface area contributed by atoms with Crippen LogP contribution in [0.2, 0.25) is 133 Å². The molecule has 0 aromatic heterocycles. The van der Waals surface area contributed by atoms with Crippen LogP contribution in [0.1, 0.15) is 19.3 Å². The van der Waals surface area contributed by atoms with Crippen molar-refractivity contribution < 1.29 is 67.9 Å². The van der Waals surface area contributed by atoms with E-state index in [2.05, 4.69) is 88.0 Å². The summed E-state index contributed by atoms with van der Waals surface area (Å²) in [6.45, 7) is 27.1. The third-order valence-corrected chi connectivity index (χ3v) is 26.8. The van der Waals surface area contributed by atoms with Crippen molar-refractivity contribution in [1.82, 2.24) is 0 Å². The standard InChI is InChI=1S/C23H52F4O3Si4.C12H28F2O2Si2.C2H3F3O/c1-31(2)13-16-32(3,4)14-10-12-29-20-23(26,27)30-21-34(7,8)18-17-33(5,6)15-9-11-28-19-22(24)25;1-15-12(13,14)11-16-7-6-9-18(4,5)10-8-17(2)3;1-6-2(3,4)5/h22,31H,9-21H2,1-8H3;17H,6-11H2,1-5H3;1H3. The minimum Gasteiger partial charge on any atom is -0.376 e. The third kappa shape index (κ3) is 45.9. The fraction of sp³-hybridized carbons (Fsp3) is 1.00. The second kappa shape index (κ2) is 31.3. The first kappa shape index (κ1) is 62.7. The molecule has 58 heavy (non-hydrogen) atoms. The zero-order valence-corrected chi connectivity index (χ0v) is 44.8. The van der Waals surface area contributed by atoms with Crippen molar-refractivity contribution in [1.29, 1.82) is 0 Å². The molecule has 0 fully saturated rings. The Morgan fingerprint density at radius 3 is 1.17 bits per heavy atom.